The highest BCUT2D eigenvalue weighted by molar-refractivity contribution is 6.20. The Balaban J connectivity index is 2.05. The minimum atomic E-state index is -0.783. The molecule has 3 heteroatoms. The average molecular weight is 245 g/mol. The van der Waals surface area contributed by atoms with Gasteiger partial charge in [0.25, 0.3) is 0 Å². The first-order valence-corrected chi connectivity index (χ1v) is 6.18. The summed E-state index contributed by atoms with van der Waals surface area (Å²) in [4.78, 5) is 0. The Labute approximate surface area is 99.6 Å². The molecule has 0 N–H and O–H groups in total. The fourth-order valence-electron chi connectivity index (χ4n) is 2.36. The van der Waals surface area contributed by atoms with E-state index in [9.17, 15) is 8.78 Å². The van der Waals surface area contributed by atoms with Gasteiger partial charge in [0.1, 0.15) is 0 Å². The number of hydrogen-bond acceptors (Lipinski definition) is 0. The predicted molar refractivity (Wildman–Crippen MR) is 61.7 cm³/mol. The van der Waals surface area contributed by atoms with Gasteiger partial charge in [-0.05, 0) is 42.9 Å². The number of benzene rings is 1. The van der Waals surface area contributed by atoms with Crippen LogP contribution >= 0.6 is 11.6 Å². The molecular formula is C13H15ClF2. The summed E-state index contributed by atoms with van der Waals surface area (Å²) in [6.45, 7) is 0. The zero-order chi connectivity index (χ0) is 11.5. The summed E-state index contributed by atoms with van der Waals surface area (Å²) in [7, 11) is 0. The molecule has 0 aliphatic heterocycles. The van der Waals surface area contributed by atoms with Crippen molar-refractivity contribution in [2.45, 2.75) is 37.5 Å². The Morgan fingerprint density at radius 3 is 2.56 bits per heavy atom. The Kier molecular flexibility index (Phi) is 3.80. The lowest BCUT2D eigenvalue weighted by Crippen LogP contribution is -2.21. The Morgan fingerprint density at radius 2 is 1.88 bits per heavy atom. The van der Waals surface area contributed by atoms with Crippen LogP contribution in [0.5, 0.6) is 0 Å². The van der Waals surface area contributed by atoms with E-state index in [0.29, 0.717) is 5.92 Å². The molecule has 0 amide bonds. The highest BCUT2D eigenvalue weighted by Gasteiger charge is 2.23. The van der Waals surface area contributed by atoms with Crippen molar-refractivity contribution < 1.29 is 8.78 Å². The van der Waals surface area contributed by atoms with Crippen molar-refractivity contribution in [2.75, 3.05) is 0 Å². The summed E-state index contributed by atoms with van der Waals surface area (Å²) in [5.74, 6) is -1.14. The van der Waals surface area contributed by atoms with E-state index in [4.69, 9.17) is 11.6 Å². The van der Waals surface area contributed by atoms with Gasteiger partial charge < -0.3 is 0 Å². The van der Waals surface area contributed by atoms with Gasteiger partial charge in [0, 0.05) is 5.38 Å². The third-order valence-corrected chi connectivity index (χ3v) is 3.87. The molecule has 1 aliphatic rings. The molecule has 88 valence electrons. The highest BCUT2D eigenvalue weighted by atomic mass is 35.5. The van der Waals surface area contributed by atoms with Crippen LogP contribution in [0.15, 0.2) is 18.2 Å². The minimum absolute atomic E-state index is 0.182. The molecule has 2 atom stereocenters. The number of hydrogen-bond donors (Lipinski definition) is 0. The molecule has 2 rings (SSSR count). The standard InChI is InChI=1S/C13H15ClF2/c14-11-4-2-1-3-10(11)7-9-5-6-12(15)13(16)8-9/h5-6,8,10-11H,1-4,7H2. The van der Waals surface area contributed by atoms with Crippen molar-refractivity contribution in [3.63, 3.8) is 0 Å². The molecule has 1 saturated carbocycles. The maximum absolute atomic E-state index is 13.0. The fraction of sp³-hybridized carbons (Fsp3) is 0.538. The number of rotatable bonds is 2. The van der Waals surface area contributed by atoms with E-state index in [0.717, 1.165) is 24.8 Å². The van der Waals surface area contributed by atoms with Crippen LogP contribution in [-0.2, 0) is 6.42 Å². The summed E-state index contributed by atoms with van der Waals surface area (Å²) < 4.78 is 25.8. The van der Waals surface area contributed by atoms with Crippen LogP contribution in [0.25, 0.3) is 0 Å². The molecule has 0 aromatic heterocycles. The van der Waals surface area contributed by atoms with Gasteiger partial charge >= 0.3 is 0 Å². The van der Waals surface area contributed by atoms with Crippen molar-refractivity contribution in [3.05, 3.63) is 35.4 Å². The van der Waals surface area contributed by atoms with E-state index >= 15 is 0 Å². The van der Waals surface area contributed by atoms with Crippen molar-refractivity contribution >= 4 is 11.6 Å². The first kappa shape index (κ1) is 11.8. The van der Waals surface area contributed by atoms with Crippen LogP contribution in [-0.4, -0.2) is 5.38 Å². The summed E-state index contributed by atoms with van der Waals surface area (Å²) in [6.07, 6.45) is 5.26. The molecule has 0 heterocycles. The average Bonchev–Trinajstić information content (AvgIpc) is 2.27. The van der Waals surface area contributed by atoms with Crippen LogP contribution in [0.4, 0.5) is 8.78 Å². The number of halogens is 3. The van der Waals surface area contributed by atoms with E-state index in [-0.39, 0.29) is 5.38 Å². The van der Waals surface area contributed by atoms with Crippen LogP contribution in [0, 0.1) is 17.6 Å². The highest BCUT2D eigenvalue weighted by Crippen LogP contribution is 2.31. The summed E-state index contributed by atoms with van der Waals surface area (Å²) >= 11 is 6.24. The lowest BCUT2D eigenvalue weighted by Gasteiger charge is -2.27. The SMILES string of the molecule is Fc1ccc(CC2CCCCC2Cl)cc1F. The van der Waals surface area contributed by atoms with Gasteiger partial charge in [-0.3, -0.25) is 0 Å². The molecule has 1 aromatic carbocycles. The normalized spacial score (nSPS) is 25.7. The predicted octanol–water partition coefficient (Wildman–Crippen LogP) is 4.30. The molecule has 1 aliphatic carbocycles. The van der Waals surface area contributed by atoms with Gasteiger partial charge in [0.05, 0.1) is 0 Å². The van der Waals surface area contributed by atoms with E-state index in [1.807, 2.05) is 0 Å². The summed E-state index contributed by atoms with van der Waals surface area (Å²) in [5, 5.41) is 0.182. The Bertz CT molecular complexity index is 365. The molecule has 0 nitrogen and oxygen atoms in total. The molecule has 1 aromatic rings. The molecule has 0 bridgehead atoms. The monoisotopic (exact) mass is 244 g/mol. The smallest absolute Gasteiger partial charge is 0.159 e. The molecule has 16 heavy (non-hydrogen) atoms. The second-order valence-electron chi connectivity index (χ2n) is 4.51. The number of alkyl halides is 1. The van der Waals surface area contributed by atoms with Gasteiger partial charge in [0.15, 0.2) is 11.6 Å². The molecule has 0 radical (unpaired) electrons. The lowest BCUT2D eigenvalue weighted by atomic mass is 9.84. The van der Waals surface area contributed by atoms with Gasteiger partial charge in [-0.25, -0.2) is 8.78 Å². The third kappa shape index (κ3) is 2.73. The van der Waals surface area contributed by atoms with E-state index < -0.39 is 11.6 Å². The lowest BCUT2D eigenvalue weighted by molar-refractivity contribution is 0.363. The maximum atomic E-state index is 13.0. The zero-order valence-electron chi connectivity index (χ0n) is 9.06. The Hall–Kier alpha value is -0.630. The minimum Gasteiger partial charge on any atom is -0.204 e. The molecule has 0 spiro atoms. The first-order chi connectivity index (χ1) is 7.66. The van der Waals surface area contributed by atoms with E-state index in [2.05, 4.69) is 0 Å². The summed E-state index contributed by atoms with van der Waals surface area (Å²) in [6, 6.07) is 4.13. The molecule has 1 fully saturated rings. The zero-order valence-corrected chi connectivity index (χ0v) is 9.81. The quantitative estimate of drug-likeness (QED) is 0.681. The topological polar surface area (TPSA) is 0 Å². The van der Waals surface area contributed by atoms with E-state index in [1.54, 1.807) is 6.07 Å². The molecular weight excluding hydrogens is 230 g/mol. The van der Waals surface area contributed by atoms with Crippen molar-refractivity contribution in [1.29, 1.82) is 0 Å². The maximum Gasteiger partial charge on any atom is 0.159 e. The van der Waals surface area contributed by atoms with Crippen LogP contribution in [0.3, 0.4) is 0 Å². The van der Waals surface area contributed by atoms with Gasteiger partial charge in [-0.2, -0.15) is 0 Å². The van der Waals surface area contributed by atoms with Crippen molar-refractivity contribution in [2.24, 2.45) is 5.92 Å². The van der Waals surface area contributed by atoms with Gasteiger partial charge in [-0.1, -0.05) is 18.9 Å². The van der Waals surface area contributed by atoms with Gasteiger partial charge in [-0.15, -0.1) is 11.6 Å². The first-order valence-electron chi connectivity index (χ1n) is 5.75. The second kappa shape index (κ2) is 5.13. The van der Waals surface area contributed by atoms with Crippen molar-refractivity contribution in [3.8, 4) is 0 Å². The van der Waals surface area contributed by atoms with E-state index in [1.165, 1.54) is 25.0 Å². The fourth-order valence-corrected chi connectivity index (χ4v) is 2.73. The molecule has 2 unspecified atom stereocenters. The Morgan fingerprint density at radius 1 is 1.12 bits per heavy atom. The van der Waals surface area contributed by atoms with Gasteiger partial charge in [0.2, 0.25) is 0 Å². The van der Waals surface area contributed by atoms with Crippen LogP contribution in [0.1, 0.15) is 31.2 Å². The van der Waals surface area contributed by atoms with Crippen LogP contribution in [0.2, 0.25) is 0 Å². The largest absolute Gasteiger partial charge is 0.204 e. The molecule has 0 saturated heterocycles. The van der Waals surface area contributed by atoms with Crippen LogP contribution < -0.4 is 0 Å². The third-order valence-electron chi connectivity index (χ3n) is 3.30. The summed E-state index contributed by atoms with van der Waals surface area (Å²) in [5.41, 5.74) is 0.844. The van der Waals surface area contributed by atoms with Crippen molar-refractivity contribution in [1.82, 2.24) is 0 Å². The second-order valence-corrected chi connectivity index (χ2v) is 5.07.